The fraction of sp³-hybridized carbons (Fsp3) is 0.182. The number of carbonyl (C=O) groups is 1. The summed E-state index contributed by atoms with van der Waals surface area (Å²) in [6, 6.07) is 7.38. The Morgan fingerprint density at radius 2 is 2.21 bits per heavy atom. The number of allylic oxidation sites excluding steroid dienone is 1. The fourth-order valence-corrected chi connectivity index (χ4v) is 2.05. The Morgan fingerprint density at radius 1 is 1.50 bits per heavy atom. The molecule has 0 bridgehead atoms. The fourth-order valence-electron chi connectivity index (χ4n) is 1.05. The van der Waals surface area contributed by atoms with Crippen LogP contribution in [0.5, 0.6) is 0 Å². The summed E-state index contributed by atoms with van der Waals surface area (Å²) in [6.07, 6.45) is 2.79. The quantitative estimate of drug-likeness (QED) is 0.458. The van der Waals surface area contributed by atoms with Gasteiger partial charge in [0.25, 0.3) is 0 Å². The van der Waals surface area contributed by atoms with E-state index in [4.69, 9.17) is 5.73 Å². The third-order valence-corrected chi connectivity index (χ3v) is 2.84. The summed E-state index contributed by atoms with van der Waals surface area (Å²) in [5.41, 5.74) is 5.85. The molecule has 74 valence electrons. The summed E-state index contributed by atoms with van der Waals surface area (Å²) in [6.45, 7) is 3.64. The normalized spacial score (nSPS) is 9.71. The summed E-state index contributed by atoms with van der Waals surface area (Å²) in [5.74, 6) is 0.556. The van der Waals surface area contributed by atoms with Gasteiger partial charge in [-0.15, -0.1) is 18.3 Å². The van der Waals surface area contributed by atoms with Crippen molar-refractivity contribution in [2.75, 3.05) is 5.75 Å². The molecule has 1 aromatic rings. The Morgan fingerprint density at radius 3 is 2.86 bits per heavy atom. The average Bonchev–Trinajstić information content (AvgIpc) is 2.19. The van der Waals surface area contributed by atoms with Gasteiger partial charge in [-0.2, -0.15) is 0 Å². The molecule has 0 aliphatic carbocycles. The zero-order valence-electron chi connectivity index (χ0n) is 7.90. The van der Waals surface area contributed by atoms with Crippen molar-refractivity contribution >= 4 is 17.7 Å². The Labute approximate surface area is 88.2 Å². The first-order chi connectivity index (χ1) is 6.75. The molecule has 1 rings (SSSR count). The van der Waals surface area contributed by atoms with Crippen molar-refractivity contribution in [3.8, 4) is 0 Å². The second kappa shape index (κ2) is 5.50. The lowest BCUT2D eigenvalue weighted by atomic mass is 10.2. The zero-order chi connectivity index (χ0) is 10.4. The molecule has 0 spiro atoms. The molecule has 14 heavy (non-hydrogen) atoms. The monoisotopic (exact) mass is 207 g/mol. The van der Waals surface area contributed by atoms with Crippen molar-refractivity contribution in [2.24, 2.45) is 5.73 Å². The van der Waals surface area contributed by atoms with Gasteiger partial charge in [0.05, 0.1) is 5.56 Å². The van der Waals surface area contributed by atoms with Gasteiger partial charge in [-0.1, -0.05) is 18.2 Å². The maximum atomic E-state index is 11.0. The van der Waals surface area contributed by atoms with E-state index in [-0.39, 0.29) is 5.91 Å². The second-order valence-electron chi connectivity index (χ2n) is 2.79. The molecule has 0 heterocycles. The van der Waals surface area contributed by atoms with Crippen molar-refractivity contribution in [2.45, 2.75) is 11.3 Å². The number of primary amides is 1. The molecular formula is C11H13NOS. The van der Waals surface area contributed by atoms with E-state index in [0.717, 1.165) is 17.1 Å². The van der Waals surface area contributed by atoms with Crippen LogP contribution < -0.4 is 5.73 Å². The number of hydrogen-bond acceptors (Lipinski definition) is 2. The van der Waals surface area contributed by atoms with Crippen molar-refractivity contribution in [3.05, 3.63) is 42.5 Å². The Hall–Kier alpha value is -1.22. The van der Waals surface area contributed by atoms with E-state index in [2.05, 4.69) is 6.58 Å². The molecule has 0 saturated carbocycles. The van der Waals surface area contributed by atoms with Gasteiger partial charge in [-0.3, -0.25) is 4.79 Å². The van der Waals surface area contributed by atoms with Gasteiger partial charge in [0.1, 0.15) is 0 Å². The van der Waals surface area contributed by atoms with Crippen LogP contribution in [0, 0.1) is 0 Å². The number of hydrogen-bond donors (Lipinski definition) is 1. The Kier molecular flexibility index (Phi) is 4.26. The maximum Gasteiger partial charge on any atom is 0.249 e. The summed E-state index contributed by atoms with van der Waals surface area (Å²) in [7, 11) is 0. The van der Waals surface area contributed by atoms with Gasteiger partial charge < -0.3 is 5.73 Å². The van der Waals surface area contributed by atoms with Gasteiger partial charge >= 0.3 is 0 Å². The molecule has 3 heteroatoms. The third-order valence-electron chi connectivity index (χ3n) is 1.73. The highest BCUT2D eigenvalue weighted by atomic mass is 32.2. The highest BCUT2D eigenvalue weighted by Gasteiger charge is 2.06. The number of amides is 1. The molecular weight excluding hydrogens is 194 g/mol. The van der Waals surface area contributed by atoms with Gasteiger partial charge in [-0.05, 0) is 18.6 Å². The minimum atomic E-state index is -0.369. The molecule has 0 saturated heterocycles. The molecule has 2 N–H and O–H groups in total. The molecule has 0 atom stereocenters. The summed E-state index contributed by atoms with van der Waals surface area (Å²) < 4.78 is 0. The van der Waals surface area contributed by atoms with Crippen molar-refractivity contribution in [1.82, 2.24) is 0 Å². The van der Waals surface area contributed by atoms with Crippen LogP contribution in [-0.2, 0) is 0 Å². The summed E-state index contributed by atoms with van der Waals surface area (Å²) >= 11 is 1.63. The van der Waals surface area contributed by atoms with Crippen LogP contribution in [0.15, 0.2) is 41.8 Å². The first kappa shape index (κ1) is 10.9. The SMILES string of the molecule is C=CCCSc1ccccc1C(N)=O. The molecule has 0 unspecified atom stereocenters. The predicted octanol–water partition coefficient (Wildman–Crippen LogP) is 2.45. The Balaban J connectivity index is 2.74. The van der Waals surface area contributed by atoms with Crippen molar-refractivity contribution in [3.63, 3.8) is 0 Å². The van der Waals surface area contributed by atoms with Crippen LogP contribution in [0.2, 0.25) is 0 Å². The van der Waals surface area contributed by atoms with Crippen molar-refractivity contribution in [1.29, 1.82) is 0 Å². The van der Waals surface area contributed by atoms with E-state index >= 15 is 0 Å². The van der Waals surface area contributed by atoms with E-state index in [1.54, 1.807) is 17.8 Å². The van der Waals surface area contributed by atoms with Crippen LogP contribution in [-0.4, -0.2) is 11.7 Å². The Bertz CT molecular complexity index is 336. The first-order valence-electron chi connectivity index (χ1n) is 4.38. The standard InChI is InChI=1S/C11H13NOS/c1-2-3-8-14-10-7-5-4-6-9(10)11(12)13/h2,4-7H,1,3,8H2,(H2,12,13). The highest BCUT2D eigenvalue weighted by Crippen LogP contribution is 2.22. The van der Waals surface area contributed by atoms with Crippen LogP contribution in [0.4, 0.5) is 0 Å². The lowest BCUT2D eigenvalue weighted by molar-refractivity contribution is 0.0997. The van der Waals surface area contributed by atoms with Gasteiger partial charge in [0.15, 0.2) is 0 Å². The highest BCUT2D eigenvalue weighted by molar-refractivity contribution is 7.99. The largest absolute Gasteiger partial charge is 0.366 e. The van der Waals surface area contributed by atoms with Crippen LogP contribution in [0.3, 0.4) is 0 Å². The number of nitrogens with two attached hydrogens (primary N) is 1. The predicted molar refractivity (Wildman–Crippen MR) is 60.5 cm³/mol. The number of benzene rings is 1. The lowest BCUT2D eigenvalue weighted by Gasteiger charge is -2.04. The van der Waals surface area contributed by atoms with Gasteiger partial charge in [0, 0.05) is 10.6 Å². The van der Waals surface area contributed by atoms with E-state index in [0.29, 0.717) is 5.56 Å². The number of thioether (sulfide) groups is 1. The van der Waals surface area contributed by atoms with E-state index < -0.39 is 0 Å². The van der Waals surface area contributed by atoms with Crippen LogP contribution in [0.1, 0.15) is 16.8 Å². The van der Waals surface area contributed by atoms with Gasteiger partial charge in [-0.25, -0.2) is 0 Å². The molecule has 0 aromatic heterocycles. The molecule has 1 amide bonds. The zero-order valence-corrected chi connectivity index (χ0v) is 8.72. The van der Waals surface area contributed by atoms with E-state index in [1.807, 2.05) is 24.3 Å². The van der Waals surface area contributed by atoms with Gasteiger partial charge in [0.2, 0.25) is 5.91 Å². The molecule has 0 aliphatic heterocycles. The first-order valence-corrected chi connectivity index (χ1v) is 5.37. The third kappa shape index (κ3) is 2.92. The minimum absolute atomic E-state index is 0.369. The second-order valence-corrected chi connectivity index (χ2v) is 3.92. The number of rotatable bonds is 5. The van der Waals surface area contributed by atoms with Crippen molar-refractivity contribution < 1.29 is 4.79 Å². The topological polar surface area (TPSA) is 43.1 Å². The lowest BCUT2D eigenvalue weighted by Crippen LogP contribution is -2.11. The van der Waals surface area contributed by atoms with Crippen LogP contribution >= 0.6 is 11.8 Å². The molecule has 0 fully saturated rings. The van der Waals surface area contributed by atoms with E-state index in [1.165, 1.54) is 0 Å². The number of carbonyl (C=O) groups excluding carboxylic acids is 1. The molecule has 0 aliphatic rings. The van der Waals surface area contributed by atoms with Crippen LogP contribution in [0.25, 0.3) is 0 Å². The summed E-state index contributed by atoms with van der Waals surface area (Å²) in [4.78, 5) is 12.0. The average molecular weight is 207 g/mol. The molecule has 2 nitrogen and oxygen atoms in total. The van der Waals surface area contributed by atoms with E-state index in [9.17, 15) is 4.79 Å². The minimum Gasteiger partial charge on any atom is -0.366 e. The molecule has 1 aromatic carbocycles. The molecule has 0 radical (unpaired) electrons. The maximum absolute atomic E-state index is 11.0. The summed E-state index contributed by atoms with van der Waals surface area (Å²) in [5, 5.41) is 0. The smallest absolute Gasteiger partial charge is 0.249 e.